The van der Waals surface area contributed by atoms with Crippen molar-refractivity contribution in [2.45, 2.75) is 20.4 Å². The van der Waals surface area contributed by atoms with Crippen molar-refractivity contribution in [1.82, 2.24) is 9.97 Å². The number of carbonyl (C=O) groups is 1. The summed E-state index contributed by atoms with van der Waals surface area (Å²) in [6.45, 7) is 4.10. The van der Waals surface area contributed by atoms with Crippen molar-refractivity contribution < 1.29 is 13.6 Å². The lowest BCUT2D eigenvalue weighted by atomic mass is 10.1. The van der Waals surface area contributed by atoms with Crippen LogP contribution in [0.5, 0.6) is 0 Å². The Labute approximate surface area is 170 Å². The average molecular weight is 409 g/mol. The van der Waals surface area contributed by atoms with Gasteiger partial charge >= 0.3 is 0 Å². The molecule has 2 heterocycles. The fourth-order valence-electron chi connectivity index (χ4n) is 3.02. The minimum Gasteiger partial charge on any atom is -0.278 e. The number of carbonyl (C=O) groups excluding carboxylic acids is 1. The van der Waals surface area contributed by atoms with Crippen LogP contribution < -0.4 is 4.90 Å². The number of halogens is 2. The van der Waals surface area contributed by atoms with Crippen molar-refractivity contribution in [3.63, 3.8) is 0 Å². The van der Waals surface area contributed by atoms with Gasteiger partial charge in [-0.2, -0.15) is 0 Å². The van der Waals surface area contributed by atoms with Gasteiger partial charge in [-0.1, -0.05) is 23.5 Å². The Morgan fingerprint density at radius 2 is 1.93 bits per heavy atom. The first-order valence-corrected chi connectivity index (χ1v) is 9.79. The summed E-state index contributed by atoms with van der Waals surface area (Å²) in [5, 5.41) is 0.438. The smallest absolute Gasteiger partial charge is 0.263 e. The summed E-state index contributed by atoms with van der Waals surface area (Å²) in [7, 11) is 0. The molecule has 29 heavy (non-hydrogen) atoms. The largest absolute Gasteiger partial charge is 0.278 e. The predicted octanol–water partition coefficient (Wildman–Crippen LogP) is 5.43. The van der Waals surface area contributed by atoms with E-state index in [9.17, 15) is 13.6 Å². The molecule has 0 aliphatic rings. The second-order valence-electron chi connectivity index (χ2n) is 6.69. The van der Waals surface area contributed by atoms with Crippen molar-refractivity contribution in [1.29, 1.82) is 0 Å². The zero-order valence-electron chi connectivity index (χ0n) is 15.8. The van der Waals surface area contributed by atoms with Gasteiger partial charge in [0.2, 0.25) is 0 Å². The van der Waals surface area contributed by atoms with Crippen LogP contribution in [-0.4, -0.2) is 15.9 Å². The molecule has 7 heteroatoms. The lowest BCUT2D eigenvalue weighted by Crippen LogP contribution is -2.31. The molecule has 0 radical (unpaired) electrons. The van der Waals surface area contributed by atoms with Crippen LogP contribution in [0.15, 0.2) is 54.7 Å². The Bertz CT molecular complexity index is 1210. The Kier molecular flexibility index (Phi) is 5.07. The molecule has 0 fully saturated rings. The van der Waals surface area contributed by atoms with E-state index >= 15 is 0 Å². The van der Waals surface area contributed by atoms with Crippen molar-refractivity contribution in [2.24, 2.45) is 0 Å². The Hall–Kier alpha value is -3.19. The van der Waals surface area contributed by atoms with Gasteiger partial charge in [-0.3, -0.25) is 14.7 Å². The molecule has 0 saturated carbocycles. The summed E-state index contributed by atoms with van der Waals surface area (Å²) in [5.41, 5.74) is 3.36. The van der Waals surface area contributed by atoms with Gasteiger partial charge in [0.15, 0.2) is 5.13 Å². The summed E-state index contributed by atoms with van der Waals surface area (Å²) in [6.07, 6.45) is 1.63. The number of rotatable bonds is 4. The van der Waals surface area contributed by atoms with E-state index in [1.807, 2.05) is 32.0 Å². The molecule has 146 valence electrons. The van der Waals surface area contributed by atoms with Gasteiger partial charge in [0.1, 0.15) is 11.6 Å². The number of aromatic nitrogens is 2. The van der Waals surface area contributed by atoms with E-state index in [4.69, 9.17) is 0 Å². The third-order valence-corrected chi connectivity index (χ3v) is 5.80. The Balaban J connectivity index is 1.82. The van der Waals surface area contributed by atoms with Crippen LogP contribution in [0.3, 0.4) is 0 Å². The summed E-state index contributed by atoms with van der Waals surface area (Å²) in [4.78, 5) is 23.5. The number of nitrogens with zero attached hydrogens (tertiary/aromatic N) is 3. The van der Waals surface area contributed by atoms with Gasteiger partial charge in [-0.25, -0.2) is 13.8 Å². The standard InChI is InChI=1S/C22H17F2N3OS/c1-13-6-9-19-20(14(13)2)26-22(29-19)27(12-16-5-3-4-10-25-16)21(28)17-8-7-15(23)11-18(17)24/h3-11H,12H2,1-2H3. The molecule has 0 aliphatic carbocycles. The van der Waals surface area contributed by atoms with Crippen LogP contribution in [-0.2, 0) is 6.54 Å². The molecule has 4 nitrogen and oxygen atoms in total. The molecular weight excluding hydrogens is 392 g/mol. The van der Waals surface area contributed by atoms with Gasteiger partial charge in [0, 0.05) is 12.3 Å². The van der Waals surface area contributed by atoms with Crippen LogP contribution in [0.2, 0.25) is 0 Å². The number of anilines is 1. The molecular formula is C22H17F2N3OS. The highest BCUT2D eigenvalue weighted by Gasteiger charge is 2.25. The summed E-state index contributed by atoms with van der Waals surface area (Å²) >= 11 is 1.35. The molecule has 4 aromatic rings. The minimum atomic E-state index is -0.908. The highest BCUT2D eigenvalue weighted by atomic mass is 32.1. The first-order chi connectivity index (χ1) is 13.9. The van der Waals surface area contributed by atoms with E-state index in [1.165, 1.54) is 16.2 Å². The number of benzene rings is 2. The number of pyridine rings is 1. The van der Waals surface area contributed by atoms with Crippen LogP contribution in [0, 0.1) is 25.5 Å². The molecule has 0 bridgehead atoms. The lowest BCUT2D eigenvalue weighted by molar-refractivity contribution is 0.0981. The normalized spacial score (nSPS) is 11.0. The molecule has 0 spiro atoms. The van der Waals surface area contributed by atoms with Gasteiger partial charge in [0.25, 0.3) is 5.91 Å². The van der Waals surface area contributed by atoms with Crippen molar-refractivity contribution >= 4 is 32.6 Å². The maximum absolute atomic E-state index is 14.3. The Morgan fingerprint density at radius 3 is 2.66 bits per heavy atom. The van der Waals surface area contributed by atoms with Crippen LogP contribution in [0.4, 0.5) is 13.9 Å². The lowest BCUT2D eigenvalue weighted by Gasteiger charge is -2.20. The molecule has 0 aliphatic heterocycles. The minimum absolute atomic E-state index is 0.119. The zero-order valence-corrected chi connectivity index (χ0v) is 16.6. The van der Waals surface area contributed by atoms with E-state index in [1.54, 1.807) is 18.3 Å². The van der Waals surface area contributed by atoms with Crippen LogP contribution in [0.1, 0.15) is 27.2 Å². The van der Waals surface area contributed by atoms with Crippen molar-refractivity contribution in [3.05, 3.63) is 88.7 Å². The molecule has 1 amide bonds. The first-order valence-electron chi connectivity index (χ1n) is 8.97. The van der Waals surface area contributed by atoms with Crippen molar-refractivity contribution in [3.8, 4) is 0 Å². The SMILES string of the molecule is Cc1ccc2sc(N(Cc3ccccn3)C(=O)c3ccc(F)cc3F)nc2c1C. The zero-order chi connectivity index (χ0) is 20.5. The van der Waals surface area contributed by atoms with Gasteiger partial charge in [0.05, 0.1) is 28.0 Å². The second-order valence-corrected chi connectivity index (χ2v) is 7.70. The van der Waals surface area contributed by atoms with E-state index in [0.29, 0.717) is 16.9 Å². The first kappa shape index (κ1) is 19.1. The monoisotopic (exact) mass is 409 g/mol. The number of hydrogen-bond donors (Lipinski definition) is 0. The van der Waals surface area contributed by atoms with Crippen LogP contribution in [0.25, 0.3) is 10.2 Å². The molecule has 0 N–H and O–H groups in total. The number of aryl methyl sites for hydroxylation is 2. The number of hydrogen-bond acceptors (Lipinski definition) is 4. The van der Waals surface area contributed by atoms with E-state index in [-0.39, 0.29) is 12.1 Å². The third kappa shape index (κ3) is 3.73. The maximum atomic E-state index is 14.3. The van der Waals surface area contributed by atoms with E-state index in [2.05, 4.69) is 9.97 Å². The summed E-state index contributed by atoms with van der Waals surface area (Å²) in [6, 6.07) is 12.3. The van der Waals surface area contributed by atoms with E-state index in [0.717, 1.165) is 33.5 Å². The van der Waals surface area contributed by atoms with Gasteiger partial charge in [-0.15, -0.1) is 0 Å². The molecule has 0 unspecified atom stereocenters. The molecule has 0 saturated heterocycles. The maximum Gasteiger partial charge on any atom is 0.263 e. The highest BCUT2D eigenvalue weighted by molar-refractivity contribution is 7.22. The fraction of sp³-hybridized carbons (Fsp3) is 0.136. The van der Waals surface area contributed by atoms with E-state index < -0.39 is 17.5 Å². The number of fused-ring (bicyclic) bond motifs is 1. The molecule has 4 rings (SSSR count). The number of thiazole rings is 1. The molecule has 2 aromatic heterocycles. The van der Waals surface area contributed by atoms with Gasteiger partial charge in [-0.05, 0) is 55.3 Å². The summed E-state index contributed by atoms with van der Waals surface area (Å²) in [5.74, 6) is -2.24. The quantitative estimate of drug-likeness (QED) is 0.451. The Morgan fingerprint density at radius 1 is 1.10 bits per heavy atom. The molecule has 2 aromatic carbocycles. The molecule has 0 atom stereocenters. The second kappa shape index (κ2) is 7.67. The van der Waals surface area contributed by atoms with Crippen molar-refractivity contribution in [2.75, 3.05) is 4.90 Å². The predicted molar refractivity (Wildman–Crippen MR) is 110 cm³/mol. The third-order valence-electron chi connectivity index (χ3n) is 4.76. The van der Waals surface area contributed by atoms with Crippen LogP contribution >= 0.6 is 11.3 Å². The van der Waals surface area contributed by atoms with Gasteiger partial charge < -0.3 is 0 Å². The number of amides is 1. The topological polar surface area (TPSA) is 46.1 Å². The summed E-state index contributed by atoms with van der Waals surface area (Å²) < 4.78 is 28.6. The highest BCUT2D eigenvalue weighted by Crippen LogP contribution is 2.33. The average Bonchev–Trinajstić information content (AvgIpc) is 3.14. The fourth-order valence-corrected chi connectivity index (χ4v) is 4.04.